The van der Waals surface area contributed by atoms with Gasteiger partial charge in [-0.3, -0.25) is 4.79 Å². The number of hydrogen-bond donors (Lipinski definition) is 2. The van der Waals surface area contributed by atoms with Crippen LogP contribution in [-0.4, -0.2) is 34.7 Å². The molecule has 15 heavy (non-hydrogen) atoms. The topological polar surface area (TPSA) is 49.3 Å². The van der Waals surface area contributed by atoms with Crippen LogP contribution in [0.25, 0.3) is 0 Å². The lowest BCUT2D eigenvalue weighted by molar-refractivity contribution is -0.140. The van der Waals surface area contributed by atoms with Crippen molar-refractivity contribution >= 4 is 17.7 Å². The number of carboxylic acid groups (broad SMARTS) is 1. The first kappa shape index (κ1) is 12.8. The average Bonchev–Trinajstić information content (AvgIpc) is 2.08. The first-order valence-electron chi connectivity index (χ1n) is 5.52. The van der Waals surface area contributed by atoms with Gasteiger partial charge in [0.05, 0.1) is 0 Å². The van der Waals surface area contributed by atoms with Crippen molar-refractivity contribution in [3.63, 3.8) is 0 Å². The standard InChI is InChI=1S/C11H21NO2S/c1-8(2)9(10(13)14)12-7-11(15-3)5-4-6-11/h8-9,12H,4-7H2,1-3H3,(H,13,14). The fraction of sp³-hybridized carbons (Fsp3) is 0.909. The SMILES string of the molecule is CSC1(CNC(C(=O)O)C(C)C)CCC1. The molecule has 1 atom stereocenters. The van der Waals surface area contributed by atoms with Gasteiger partial charge in [-0.25, -0.2) is 0 Å². The quantitative estimate of drug-likeness (QED) is 0.734. The van der Waals surface area contributed by atoms with Crippen LogP contribution in [0.4, 0.5) is 0 Å². The molecule has 1 rings (SSSR count). The monoisotopic (exact) mass is 231 g/mol. The molecule has 2 N–H and O–H groups in total. The van der Waals surface area contributed by atoms with E-state index in [4.69, 9.17) is 5.11 Å². The van der Waals surface area contributed by atoms with Gasteiger partial charge in [-0.15, -0.1) is 0 Å². The van der Waals surface area contributed by atoms with Gasteiger partial charge < -0.3 is 10.4 Å². The van der Waals surface area contributed by atoms with Crippen molar-refractivity contribution in [1.82, 2.24) is 5.32 Å². The van der Waals surface area contributed by atoms with E-state index >= 15 is 0 Å². The summed E-state index contributed by atoms with van der Waals surface area (Å²) in [6, 6.07) is -0.408. The second kappa shape index (κ2) is 5.21. The van der Waals surface area contributed by atoms with E-state index in [9.17, 15) is 4.79 Å². The number of hydrogen-bond acceptors (Lipinski definition) is 3. The zero-order valence-corrected chi connectivity index (χ0v) is 10.6. The maximum absolute atomic E-state index is 11.0. The molecule has 0 spiro atoms. The molecule has 1 aliphatic carbocycles. The third-order valence-electron chi connectivity index (χ3n) is 3.27. The minimum Gasteiger partial charge on any atom is -0.480 e. The lowest BCUT2D eigenvalue weighted by atomic mass is 9.84. The van der Waals surface area contributed by atoms with Crippen molar-refractivity contribution in [2.45, 2.75) is 43.9 Å². The van der Waals surface area contributed by atoms with E-state index in [2.05, 4.69) is 11.6 Å². The summed E-state index contributed by atoms with van der Waals surface area (Å²) in [5.74, 6) is -0.595. The molecule has 4 heteroatoms. The van der Waals surface area contributed by atoms with Crippen molar-refractivity contribution < 1.29 is 9.90 Å². The second-order valence-corrected chi connectivity index (χ2v) is 5.96. The molecule has 0 heterocycles. The summed E-state index contributed by atoms with van der Waals surface area (Å²) in [7, 11) is 0. The van der Waals surface area contributed by atoms with Crippen LogP contribution in [0.5, 0.6) is 0 Å². The Bertz CT molecular complexity index is 221. The molecule has 0 bridgehead atoms. The molecule has 0 radical (unpaired) electrons. The van der Waals surface area contributed by atoms with Gasteiger partial charge in [0.15, 0.2) is 0 Å². The Hall–Kier alpha value is -0.220. The highest BCUT2D eigenvalue weighted by Gasteiger charge is 2.37. The van der Waals surface area contributed by atoms with Crippen LogP contribution < -0.4 is 5.32 Å². The van der Waals surface area contributed by atoms with Gasteiger partial charge in [0.2, 0.25) is 0 Å². The highest BCUT2D eigenvalue weighted by molar-refractivity contribution is 8.00. The molecule has 0 amide bonds. The summed E-state index contributed by atoms with van der Waals surface area (Å²) in [6.07, 6.45) is 5.82. The van der Waals surface area contributed by atoms with Gasteiger partial charge >= 0.3 is 5.97 Å². The Kier molecular flexibility index (Phi) is 4.46. The van der Waals surface area contributed by atoms with E-state index in [1.54, 1.807) is 0 Å². The van der Waals surface area contributed by atoms with Gasteiger partial charge in [0.1, 0.15) is 6.04 Å². The molecule has 0 aliphatic heterocycles. The third-order valence-corrected chi connectivity index (χ3v) is 4.69. The summed E-state index contributed by atoms with van der Waals surface area (Å²) in [4.78, 5) is 11.0. The van der Waals surface area contributed by atoms with E-state index in [1.165, 1.54) is 19.3 Å². The molecule has 88 valence electrons. The normalized spacial score (nSPS) is 21.1. The lowest BCUT2D eigenvalue weighted by Gasteiger charge is -2.41. The average molecular weight is 231 g/mol. The molecular weight excluding hydrogens is 210 g/mol. The Morgan fingerprint density at radius 3 is 2.40 bits per heavy atom. The molecule has 0 aromatic heterocycles. The second-order valence-electron chi connectivity index (χ2n) is 4.68. The fourth-order valence-electron chi connectivity index (χ4n) is 1.93. The summed E-state index contributed by atoms with van der Waals surface area (Å²) in [6.45, 7) is 4.71. The third kappa shape index (κ3) is 3.11. The van der Waals surface area contributed by atoms with Gasteiger partial charge in [0.25, 0.3) is 0 Å². The van der Waals surface area contributed by atoms with Crippen LogP contribution in [0.2, 0.25) is 0 Å². The van der Waals surface area contributed by atoms with Gasteiger partial charge in [-0.1, -0.05) is 20.3 Å². The van der Waals surface area contributed by atoms with Gasteiger partial charge in [0, 0.05) is 11.3 Å². The van der Waals surface area contributed by atoms with Gasteiger partial charge in [-0.2, -0.15) is 11.8 Å². The molecule has 1 aliphatic rings. The number of carbonyl (C=O) groups is 1. The van der Waals surface area contributed by atoms with E-state index < -0.39 is 12.0 Å². The van der Waals surface area contributed by atoms with E-state index in [-0.39, 0.29) is 5.92 Å². The minimum atomic E-state index is -0.736. The molecule has 1 saturated carbocycles. The summed E-state index contributed by atoms with van der Waals surface area (Å²) in [5.41, 5.74) is 0. The minimum absolute atomic E-state index is 0.140. The zero-order chi connectivity index (χ0) is 11.5. The van der Waals surface area contributed by atoms with Crippen molar-refractivity contribution in [2.24, 2.45) is 5.92 Å². The lowest BCUT2D eigenvalue weighted by Crippen LogP contribution is -2.50. The highest BCUT2D eigenvalue weighted by atomic mass is 32.2. The maximum atomic E-state index is 11.0. The van der Waals surface area contributed by atoms with Crippen LogP contribution in [0.15, 0.2) is 0 Å². The summed E-state index contributed by atoms with van der Waals surface area (Å²) in [5, 5.41) is 12.2. The highest BCUT2D eigenvalue weighted by Crippen LogP contribution is 2.42. The predicted molar refractivity (Wildman–Crippen MR) is 64.4 cm³/mol. The fourth-order valence-corrected chi connectivity index (χ4v) is 2.85. The van der Waals surface area contributed by atoms with E-state index in [1.807, 2.05) is 25.6 Å². The number of rotatable bonds is 6. The van der Waals surface area contributed by atoms with Crippen LogP contribution in [0, 0.1) is 5.92 Å². The number of carboxylic acids is 1. The molecule has 0 saturated heterocycles. The van der Waals surface area contributed by atoms with Crippen LogP contribution >= 0.6 is 11.8 Å². The molecule has 3 nitrogen and oxygen atoms in total. The molecule has 0 aromatic carbocycles. The van der Waals surface area contributed by atoms with Crippen LogP contribution in [-0.2, 0) is 4.79 Å². The number of nitrogens with one attached hydrogen (secondary N) is 1. The van der Waals surface area contributed by atoms with Crippen molar-refractivity contribution in [2.75, 3.05) is 12.8 Å². The maximum Gasteiger partial charge on any atom is 0.320 e. The van der Waals surface area contributed by atoms with E-state index in [0.29, 0.717) is 4.75 Å². The number of thioether (sulfide) groups is 1. The first-order chi connectivity index (χ1) is 7.01. The molecule has 1 fully saturated rings. The number of aliphatic carboxylic acids is 1. The Labute approximate surface area is 96.0 Å². The summed E-state index contributed by atoms with van der Waals surface area (Å²) < 4.78 is 0.308. The van der Waals surface area contributed by atoms with Crippen molar-refractivity contribution in [3.05, 3.63) is 0 Å². The summed E-state index contributed by atoms with van der Waals surface area (Å²) >= 11 is 1.87. The Balaban J connectivity index is 2.42. The molecule has 1 unspecified atom stereocenters. The predicted octanol–water partition coefficient (Wildman–Crippen LogP) is 1.97. The largest absolute Gasteiger partial charge is 0.480 e. The smallest absolute Gasteiger partial charge is 0.320 e. The van der Waals surface area contributed by atoms with Crippen LogP contribution in [0.3, 0.4) is 0 Å². The van der Waals surface area contributed by atoms with Crippen LogP contribution in [0.1, 0.15) is 33.1 Å². The Morgan fingerprint density at radius 2 is 2.13 bits per heavy atom. The first-order valence-corrected chi connectivity index (χ1v) is 6.74. The molecule has 0 aromatic rings. The van der Waals surface area contributed by atoms with Crippen molar-refractivity contribution in [1.29, 1.82) is 0 Å². The Morgan fingerprint density at radius 1 is 1.53 bits per heavy atom. The van der Waals surface area contributed by atoms with Gasteiger partial charge in [-0.05, 0) is 25.0 Å². The zero-order valence-electron chi connectivity index (χ0n) is 9.75. The van der Waals surface area contributed by atoms with E-state index in [0.717, 1.165) is 6.54 Å². The molecular formula is C11H21NO2S. The van der Waals surface area contributed by atoms with Crippen molar-refractivity contribution in [3.8, 4) is 0 Å².